The van der Waals surface area contributed by atoms with Crippen molar-refractivity contribution in [3.63, 3.8) is 0 Å². The van der Waals surface area contributed by atoms with E-state index in [4.69, 9.17) is 19.9 Å². The Kier molecular flexibility index (Phi) is 40.5. The number of primary amides is 1. The molecule has 2 aliphatic rings. The number of nitrogens with one attached hydrogen (secondary N) is 7. The SMILES string of the molecule is CCCCCNC(=O)CCSC1CC(=O)N(CCCCCC(=O)CCN[C@H](C(=O)N[C@@H](CCCNC(N)=O)C(=O)Nc2ccc(COC(=O)N(C)[C@H](C(=O)N[C@H](C(=O)N(C)[C@@H]([C@@H](C)CC)[C@@H](CC(=O)N3CCC[C@H]3[C@H](OC)[C@@H](C)C(=O)N[C@H](C)[C@@H](O)c3ccccc3)OC)C(C)C)C(C)C)cc2)C(C)C)C1=O. The van der Waals surface area contributed by atoms with Gasteiger partial charge >= 0.3 is 12.1 Å². The van der Waals surface area contributed by atoms with Crippen LogP contribution >= 0.6 is 11.8 Å². The van der Waals surface area contributed by atoms with Gasteiger partial charge in [0.25, 0.3) is 0 Å². The number of aliphatic hydroxyl groups excluding tert-OH is 1. The van der Waals surface area contributed by atoms with Crippen LogP contribution in [-0.4, -0.2) is 222 Å². The van der Waals surface area contributed by atoms with Crippen molar-refractivity contribution >= 4 is 88.5 Å². The number of hydrogen-bond donors (Lipinski definition) is 9. The summed E-state index contributed by atoms with van der Waals surface area (Å²) in [6.07, 6.45) is 4.52. The Hall–Kier alpha value is -7.73. The van der Waals surface area contributed by atoms with E-state index in [9.17, 15) is 62.6 Å². The fourth-order valence-corrected chi connectivity index (χ4v) is 14.9. The van der Waals surface area contributed by atoms with E-state index in [0.29, 0.717) is 74.2 Å². The standard InChI is InChI=1S/C78H126N12O16S/c1-16-18-24-39-80-62(92)38-44-107-61-46-64(94)90(75(61)100)42-25-20-23-30-57(91)37-41-81-65(48(3)4)73(98)85-58(31-26-40-82-77(79)102)72(97)84-56-35-33-54(34-36-56)47-106-78(103)88(13)67(50(7)8)74(99)86-66(49(5)6)76(101)87(12)68(51(9)17-2)60(104-14)45-63(93)89-43-27-32-59(89)70(105-15)52(10)71(96)83-53(11)69(95)55-28-21-19-22-29-55/h19,21-22,28-29,33-36,48-53,58-61,65-70,81,95H,16-18,20,23-27,30-32,37-47H2,1-15H3,(H,80,92)(H,83,96)(H,84,97)(H,85,98)(H,86,99)(H3,79,82,102)/t51-,52+,53+,58-,59-,60+,61?,65-,66-,67-,68-,69+,70+/m0/s1. The minimum absolute atomic E-state index is 0.0272. The zero-order chi connectivity index (χ0) is 79.6. The quantitative estimate of drug-likeness (QED) is 0.0235. The third-order valence-corrected chi connectivity index (χ3v) is 21.5. The van der Waals surface area contributed by atoms with Gasteiger partial charge in [0.15, 0.2) is 0 Å². The van der Waals surface area contributed by atoms with Crippen LogP contribution < -0.4 is 43.0 Å². The lowest BCUT2D eigenvalue weighted by atomic mass is 9.89. The summed E-state index contributed by atoms with van der Waals surface area (Å²) in [5, 5.41) is 30.6. The molecule has 2 saturated heterocycles. The molecule has 2 aromatic carbocycles. The first kappa shape index (κ1) is 91.7. The Morgan fingerprint density at radius 2 is 1.37 bits per heavy atom. The highest BCUT2D eigenvalue weighted by atomic mass is 32.2. The molecule has 2 heterocycles. The van der Waals surface area contributed by atoms with Crippen LogP contribution in [0.1, 0.15) is 196 Å². The van der Waals surface area contributed by atoms with E-state index < -0.39 is 119 Å². The molecule has 0 bridgehead atoms. The number of nitrogens with zero attached hydrogens (tertiary/aromatic N) is 4. The van der Waals surface area contributed by atoms with E-state index in [1.54, 1.807) is 94.8 Å². The summed E-state index contributed by atoms with van der Waals surface area (Å²) in [6, 6.07) is 9.08. The molecular formula is C78H126N12O16S. The van der Waals surface area contributed by atoms with Crippen LogP contribution in [0.4, 0.5) is 15.3 Å². The maximum Gasteiger partial charge on any atom is 0.410 e. The van der Waals surface area contributed by atoms with Crippen LogP contribution in [0.3, 0.4) is 0 Å². The van der Waals surface area contributed by atoms with Gasteiger partial charge in [-0.1, -0.05) is 137 Å². The number of aliphatic hydroxyl groups is 1. The number of ether oxygens (including phenoxy) is 3. The van der Waals surface area contributed by atoms with E-state index in [2.05, 4.69) is 44.1 Å². The molecule has 0 spiro atoms. The van der Waals surface area contributed by atoms with Crippen LogP contribution in [-0.2, 0) is 68.8 Å². The molecule has 0 radical (unpaired) electrons. The lowest BCUT2D eigenvalue weighted by Crippen LogP contribution is -2.60. The second-order valence-corrected chi connectivity index (χ2v) is 30.8. The van der Waals surface area contributed by atoms with Crippen LogP contribution in [0.25, 0.3) is 0 Å². The number of likely N-dealkylation sites (N-methyl/N-ethyl adjacent to an activating group) is 2. The molecule has 0 saturated carbocycles. The highest BCUT2D eigenvalue weighted by molar-refractivity contribution is 8.00. The number of unbranched alkanes of at least 4 members (excludes halogenated alkanes) is 4. The predicted octanol–water partition coefficient (Wildman–Crippen LogP) is 7.14. The van der Waals surface area contributed by atoms with Gasteiger partial charge in [-0.25, -0.2) is 9.59 Å². The molecule has 1 unspecified atom stereocenters. The number of ketones is 1. The van der Waals surface area contributed by atoms with Gasteiger partial charge in [0.2, 0.25) is 53.2 Å². The number of nitrogens with two attached hydrogens (primary N) is 1. The van der Waals surface area contributed by atoms with E-state index in [0.717, 1.165) is 19.3 Å². The van der Waals surface area contributed by atoms with Gasteiger partial charge < -0.3 is 72.1 Å². The molecule has 10 N–H and O–H groups in total. The van der Waals surface area contributed by atoms with E-state index >= 15 is 0 Å². The fourth-order valence-electron chi connectivity index (χ4n) is 13.8. The molecule has 29 heteroatoms. The summed E-state index contributed by atoms with van der Waals surface area (Å²) in [5.41, 5.74) is 6.84. The summed E-state index contributed by atoms with van der Waals surface area (Å²) in [4.78, 5) is 167. The lowest BCUT2D eigenvalue weighted by Gasteiger charge is -2.41. The number of amides is 12. The smallest absolute Gasteiger partial charge is 0.410 e. The van der Waals surface area contributed by atoms with Crippen LogP contribution in [0.2, 0.25) is 0 Å². The molecule has 0 aliphatic carbocycles. The Labute approximate surface area is 638 Å². The van der Waals surface area contributed by atoms with Crippen molar-refractivity contribution in [1.82, 2.24) is 51.5 Å². The number of benzene rings is 2. The average Bonchev–Trinajstić information content (AvgIpc) is 1.79. The molecule has 2 aromatic rings. The maximum absolute atomic E-state index is 14.9. The number of hydrogen-bond acceptors (Lipinski definition) is 18. The number of carbonyl (C=O) groups excluding carboxylic acids is 12. The molecule has 12 amide bonds. The Morgan fingerprint density at radius 3 is 1.99 bits per heavy atom. The van der Waals surface area contributed by atoms with Crippen molar-refractivity contribution in [2.45, 2.75) is 251 Å². The predicted molar refractivity (Wildman–Crippen MR) is 412 cm³/mol. The van der Waals surface area contributed by atoms with Crippen molar-refractivity contribution < 1.29 is 76.9 Å². The Bertz CT molecular complexity index is 3180. The van der Waals surface area contributed by atoms with Crippen molar-refractivity contribution in [1.29, 1.82) is 0 Å². The summed E-state index contributed by atoms with van der Waals surface area (Å²) < 4.78 is 17.8. The summed E-state index contributed by atoms with van der Waals surface area (Å²) >= 11 is 1.33. The topological polar surface area (TPSA) is 376 Å². The molecule has 28 nitrogen and oxygen atoms in total. The number of rotatable bonds is 49. The monoisotopic (exact) mass is 1520 g/mol. The van der Waals surface area contributed by atoms with Crippen LogP contribution in [0, 0.1) is 29.6 Å². The number of anilines is 1. The van der Waals surface area contributed by atoms with Crippen LogP contribution in [0.15, 0.2) is 54.6 Å². The fraction of sp³-hybridized carbons (Fsp3) is 0.692. The molecule has 600 valence electrons. The number of thioether (sulfide) groups is 1. The summed E-state index contributed by atoms with van der Waals surface area (Å²) in [5.74, 6) is -4.72. The second kappa shape index (κ2) is 47.3. The molecule has 4 rings (SSSR count). The molecule has 13 atom stereocenters. The van der Waals surface area contributed by atoms with Crippen molar-refractivity contribution in [2.24, 2.45) is 35.3 Å². The Morgan fingerprint density at radius 1 is 0.701 bits per heavy atom. The number of methoxy groups -OCH3 is 2. The lowest BCUT2D eigenvalue weighted by molar-refractivity contribution is -0.148. The average molecular weight is 1520 g/mol. The van der Waals surface area contributed by atoms with Gasteiger partial charge in [-0.2, -0.15) is 0 Å². The highest BCUT2D eigenvalue weighted by Gasteiger charge is 2.45. The molecule has 107 heavy (non-hydrogen) atoms. The van der Waals surface area contributed by atoms with Gasteiger partial charge in [0.1, 0.15) is 30.5 Å². The number of Topliss-reactive ketones (excluding diaryl/α,β-unsaturated/α-hetero) is 1. The minimum atomic E-state index is -1.09. The first-order chi connectivity index (χ1) is 50.8. The number of urea groups is 1. The van der Waals surface area contributed by atoms with Gasteiger partial charge in [-0.15, -0.1) is 11.8 Å². The largest absolute Gasteiger partial charge is 0.445 e. The zero-order valence-electron chi connectivity index (χ0n) is 66.0. The summed E-state index contributed by atoms with van der Waals surface area (Å²) in [6.45, 7) is 21.7. The third kappa shape index (κ3) is 29.3. The first-order valence-corrected chi connectivity index (χ1v) is 39.4. The van der Waals surface area contributed by atoms with E-state index in [-0.39, 0.29) is 118 Å². The molecule has 0 aromatic heterocycles. The van der Waals surface area contributed by atoms with Crippen LogP contribution in [0.5, 0.6) is 0 Å². The van der Waals surface area contributed by atoms with E-state index in [1.165, 1.54) is 42.8 Å². The number of carbonyl (C=O) groups is 12. The molecule has 2 aliphatic heterocycles. The normalized spacial score (nSPS) is 17.6. The van der Waals surface area contributed by atoms with Gasteiger partial charge in [0, 0.05) is 98.2 Å². The molecular weight excluding hydrogens is 1390 g/mol. The third-order valence-electron chi connectivity index (χ3n) is 20.3. The van der Waals surface area contributed by atoms with Gasteiger partial charge in [-0.05, 0) is 98.8 Å². The van der Waals surface area contributed by atoms with E-state index in [1.807, 2.05) is 45.9 Å². The van der Waals surface area contributed by atoms with Crippen molar-refractivity contribution in [3.05, 3.63) is 65.7 Å². The first-order valence-electron chi connectivity index (χ1n) is 38.4. The zero-order valence-corrected chi connectivity index (χ0v) is 66.9. The maximum atomic E-state index is 14.9. The second-order valence-electron chi connectivity index (χ2n) is 29.5. The minimum Gasteiger partial charge on any atom is -0.445 e. The van der Waals surface area contributed by atoms with Crippen molar-refractivity contribution in [2.75, 3.05) is 72.1 Å². The van der Waals surface area contributed by atoms with Crippen molar-refractivity contribution in [3.8, 4) is 0 Å². The van der Waals surface area contributed by atoms with Gasteiger partial charge in [-0.3, -0.25) is 57.7 Å². The van der Waals surface area contributed by atoms with Gasteiger partial charge in [0.05, 0.1) is 60.1 Å². The summed E-state index contributed by atoms with van der Waals surface area (Å²) in [7, 11) is 6.09. The number of likely N-dealkylation sites (tertiary alicyclic amines) is 2. The molecule has 2 fully saturated rings. The highest BCUT2D eigenvalue weighted by Crippen LogP contribution is 2.32. The number of imide groups is 1. The Balaban J connectivity index is 1.31.